The minimum atomic E-state index is -0.256. The van der Waals surface area contributed by atoms with Gasteiger partial charge in [0.1, 0.15) is 5.75 Å². The van der Waals surface area contributed by atoms with Crippen molar-refractivity contribution in [1.82, 2.24) is 5.32 Å². The number of Topliss-reactive ketones (excluding diaryl/α,β-unsaturated/α-hetero) is 1. The average molecular weight is 315 g/mol. The number of phenolic OH excluding ortho intramolecular Hbond substituents is 3. The van der Waals surface area contributed by atoms with Gasteiger partial charge in [-0.05, 0) is 50.1 Å². The lowest BCUT2D eigenvalue weighted by molar-refractivity contribution is 0.0986. The van der Waals surface area contributed by atoms with Crippen LogP contribution >= 0.6 is 0 Å². The minimum Gasteiger partial charge on any atom is -0.508 e. The third kappa shape index (κ3) is 4.23. The zero-order chi connectivity index (χ0) is 17.0. The van der Waals surface area contributed by atoms with Crippen molar-refractivity contribution in [2.75, 3.05) is 6.54 Å². The van der Waals surface area contributed by atoms with Crippen molar-refractivity contribution in [1.29, 1.82) is 0 Å². The maximum atomic E-state index is 12.2. The van der Waals surface area contributed by atoms with Crippen LogP contribution in [0.1, 0.15) is 28.4 Å². The predicted molar refractivity (Wildman–Crippen MR) is 88.1 cm³/mol. The first kappa shape index (κ1) is 16.8. The Bertz CT molecular complexity index is 695. The van der Waals surface area contributed by atoms with Gasteiger partial charge in [0.25, 0.3) is 0 Å². The van der Waals surface area contributed by atoms with E-state index in [4.69, 9.17) is 0 Å². The predicted octanol–water partition coefficient (Wildman–Crippen LogP) is 2.52. The molecule has 23 heavy (non-hydrogen) atoms. The fraction of sp³-hybridized carbons (Fsp3) is 0.278. The van der Waals surface area contributed by atoms with Crippen molar-refractivity contribution in [3.63, 3.8) is 0 Å². The van der Waals surface area contributed by atoms with Crippen molar-refractivity contribution in [2.24, 2.45) is 0 Å². The van der Waals surface area contributed by atoms with E-state index in [9.17, 15) is 20.1 Å². The van der Waals surface area contributed by atoms with E-state index in [1.54, 1.807) is 19.1 Å². The molecule has 2 aromatic rings. The highest BCUT2D eigenvalue weighted by molar-refractivity contribution is 5.99. The maximum absolute atomic E-state index is 12.2. The summed E-state index contributed by atoms with van der Waals surface area (Å²) >= 11 is 0. The zero-order valence-electron chi connectivity index (χ0n) is 13.2. The molecule has 0 aliphatic heterocycles. The van der Waals surface area contributed by atoms with Crippen LogP contribution in [0.3, 0.4) is 0 Å². The highest BCUT2D eigenvalue weighted by Gasteiger charge is 2.15. The number of carbonyl (C=O) groups is 1. The van der Waals surface area contributed by atoms with E-state index < -0.39 is 0 Å². The molecular weight excluding hydrogens is 294 g/mol. The number of ketones is 1. The zero-order valence-corrected chi connectivity index (χ0v) is 13.2. The van der Waals surface area contributed by atoms with E-state index >= 15 is 0 Å². The Morgan fingerprint density at radius 3 is 2.39 bits per heavy atom. The smallest absolute Gasteiger partial charge is 0.177 e. The van der Waals surface area contributed by atoms with Crippen molar-refractivity contribution in [2.45, 2.75) is 26.3 Å². The number of hydrogen-bond donors (Lipinski definition) is 4. The van der Waals surface area contributed by atoms with Gasteiger partial charge >= 0.3 is 0 Å². The summed E-state index contributed by atoms with van der Waals surface area (Å²) in [4.78, 5) is 12.2. The molecule has 5 nitrogen and oxygen atoms in total. The second kappa shape index (κ2) is 7.15. The number of phenols is 3. The molecule has 0 saturated carbocycles. The largest absolute Gasteiger partial charge is 0.508 e. The van der Waals surface area contributed by atoms with Crippen LogP contribution in [0.5, 0.6) is 17.2 Å². The molecule has 0 spiro atoms. The first-order valence-electron chi connectivity index (χ1n) is 7.44. The lowest BCUT2D eigenvalue weighted by Crippen LogP contribution is -2.33. The fourth-order valence-corrected chi connectivity index (χ4v) is 2.41. The Labute approximate surface area is 135 Å². The number of benzene rings is 2. The Kier molecular flexibility index (Phi) is 5.24. The van der Waals surface area contributed by atoms with Gasteiger partial charge in [-0.25, -0.2) is 0 Å². The van der Waals surface area contributed by atoms with Gasteiger partial charge in [0, 0.05) is 17.2 Å². The number of rotatable bonds is 6. The van der Waals surface area contributed by atoms with E-state index in [0.29, 0.717) is 11.1 Å². The van der Waals surface area contributed by atoms with E-state index in [1.807, 2.05) is 19.1 Å². The lowest BCUT2D eigenvalue weighted by atomic mass is 10.0. The van der Waals surface area contributed by atoms with Crippen LogP contribution in [0.2, 0.25) is 0 Å². The van der Waals surface area contributed by atoms with Gasteiger partial charge in [0.05, 0.1) is 6.54 Å². The van der Waals surface area contributed by atoms with Crippen LogP contribution in [0.25, 0.3) is 0 Å². The summed E-state index contributed by atoms with van der Waals surface area (Å²) in [5.41, 5.74) is 1.83. The Morgan fingerprint density at radius 1 is 1.09 bits per heavy atom. The summed E-state index contributed by atoms with van der Waals surface area (Å²) in [5, 5.41) is 31.5. The number of nitrogens with one attached hydrogen (secondary N) is 1. The summed E-state index contributed by atoms with van der Waals surface area (Å²) in [7, 11) is 0. The minimum absolute atomic E-state index is 0.0783. The third-order valence-electron chi connectivity index (χ3n) is 3.80. The molecular formula is C18H21NO4. The summed E-state index contributed by atoms with van der Waals surface area (Å²) in [5.74, 6) is -0.400. The van der Waals surface area contributed by atoms with Crippen LogP contribution in [-0.4, -0.2) is 33.7 Å². The molecule has 2 aromatic carbocycles. The van der Waals surface area contributed by atoms with Gasteiger partial charge in [-0.2, -0.15) is 0 Å². The molecule has 122 valence electrons. The summed E-state index contributed by atoms with van der Waals surface area (Å²) in [6.07, 6.45) is 0.730. The number of aromatic hydroxyl groups is 3. The molecule has 2 rings (SSSR count). The van der Waals surface area contributed by atoms with E-state index in [2.05, 4.69) is 5.32 Å². The molecule has 0 fully saturated rings. The highest BCUT2D eigenvalue weighted by Crippen LogP contribution is 2.30. The number of hydrogen-bond acceptors (Lipinski definition) is 5. The molecule has 4 N–H and O–H groups in total. The van der Waals surface area contributed by atoms with E-state index in [0.717, 1.165) is 12.0 Å². The summed E-state index contributed by atoms with van der Waals surface area (Å²) in [6, 6.07) is 9.86. The van der Waals surface area contributed by atoms with Gasteiger partial charge in [-0.3, -0.25) is 4.79 Å². The average Bonchev–Trinajstić information content (AvgIpc) is 2.53. The topological polar surface area (TPSA) is 89.8 Å². The first-order valence-corrected chi connectivity index (χ1v) is 7.44. The summed E-state index contributed by atoms with van der Waals surface area (Å²) in [6.45, 7) is 3.72. The van der Waals surface area contributed by atoms with Gasteiger partial charge in [-0.1, -0.05) is 12.1 Å². The highest BCUT2D eigenvalue weighted by atomic mass is 16.3. The molecule has 0 saturated heterocycles. The maximum Gasteiger partial charge on any atom is 0.177 e. The Hall–Kier alpha value is -2.53. The van der Waals surface area contributed by atoms with E-state index in [1.165, 1.54) is 12.1 Å². The molecule has 0 radical (unpaired) electrons. The van der Waals surface area contributed by atoms with Crippen LogP contribution in [-0.2, 0) is 6.42 Å². The van der Waals surface area contributed by atoms with E-state index in [-0.39, 0.29) is 35.6 Å². The molecule has 0 amide bonds. The quantitative estimate of drug-likeness (QED) is 0.486. The molecule has 1 atom stereocenters. The Morgan fingerprint density at radius 2 is 1.74 bits per heavy atom. The molecule has 0 aromatic heterocycles. The lowest BCUT2D eigenvalue weighted by Gasteiger charge is -2.14. The van der Waals surface area contributed by atoms with Gasteiger partial charge in [-0.15, -0.1) is 0 Å². The van der Waals surface area contributed by atoms with Crippen LogP contribution in [0.15, 0.2) is 36.4 Å². The second-order valence-electron chi connectivity index (χ2n) is 5.68. The van der Waals surface area contributed by atoms with Crippen molar-refractivity contribution < 1.29 is 20.1 Å². The van der Waals surface area contributed by atoms with Crippen LogP contribution in [0, 0.1) is 6.92 Å². The first-order chi connectivity index (χ1) is 10.9. The standard InChI is InChI=1S/C18H21NO4/c1-11(9-13-3-5-14(20)6-4-13)19-10-17(22)15-7-8-16(21)18(23)12(15)2/h3-8,11,19-21,23H,9-10H2,1-2H3. The molecule has 0 aliphatic rings. The molecule has 5 heteroatoms. The monoisotopic (exact) mass is 315 g/mol. The van der Waals surface area contributed by atoms with Crippen molar-refractivity contribution in [3.8, 4) is 17.2 Å². The van der Waals surface area contributed by atoms with Crippen molar-refractivity contribution >= 4 is 5.78 Å². The van der Waals surface area contributed by atoms with Gasteiger partial charge in [0.2, 0.25) is 0 Å². The number of carbonyl (C=O) groups excluding carboxylic acids is 1. The molecule has 1 unspecified atom stereocenters. The van der Waals surface area contributed by atoms with Crippen LogP contribution in [0.4, 0.5) is 0 Å². The fourth-order valence-electron chi connectivity index (χ4n) is 2.41. The normalized spacial score (nSPS) is 12.1. The third-order valence-corrected chi connectivity index (χ3v) is 3.80. The van der Waals surface area contributed by atoms with Crippen molar-refractivity contribution in [3.05, 3.63) is 53.1 Å². The second-order valence-corrected chi connectivity index (χ2v) is 5.68. The molecule has 0 bridgehead atoms. The summed E-state index contributed by atoms with van der Waals surface area (Å²) < 4.78 is 0. The Balaban J connectivity index is 1.93. The van der Waals surface area contributed by atoms with Gasteiger partial charge < -0.3 is 20.6 Å². The van der Waals surface area contributed by atoms with Gasteiger partial charge in [0.15, 0.2) is 17.3 Å². The molecule has 0 heterocycles. The molecule has 0 aliphatic carbocycles. The SMILES string of the molecule is Cc1c(C(=O)CNC(C)Cc2ccc(O)cc2)ccc(O)c1O. The van der Waals surface area contributed by atoms with Crippen LogP contribution < -0.4 is 5.32 Å².